The van der Waals surface area contributed by atoms with Gasteiger partial charge in [0.2, 0.25) is 0 Å². The summed E-state index contributed by atoms with van der Waals surface area (Å²) in [5.74, 6) is 2.01. The van der Waals surface area contributed by atoms with Gasteiger partial charge in [-0.05, 0) is 48.6 Å². The number of halogens is 1. The van der Waals surface area contributed by atoms with E-state index in [9.17, 15) is 0 Å². The van der Waals surface area contributed by atoms with Crippen molar-refractivity contribution in [2.75, 3.05) is 13.2 Å². The Kier molecular flexibility index (Phi) is 3.52. The maximum Gasteiger partial charge on any atom is 0.123 e. The van der Waals surface area contributed by atoms with E-state index in [1.165, 1.54) is 5.56 Å². The third-order valence-electron chi connectivity index (χ3n) is 2.95. The molecule has 2 N–H and O–H groups in total. The molecule has 1 aliphatic rings. The molecule has 1 aromatic carbocycles. The monoisotopic (exact) mass is 237 g/mol. The lowest BCUT2D eigenvalue weighted by atomic mass is 10.1. The van der Waals surface area contributed by atoms with E-state index in [1.54, 1.807) is 6.08 Å². The minimum atomic E-state index is 0.517. The molecular formula is C13H16ClNO. The highest BCUT2D eigenvalue weighted by molar-refractivity contribution is 6.30. The molecule has 86 valence electrons. The molecule has 0 heterocycles. The van der Waals surface area contributed by atoms with Crippen molar-refractivity contribution in [3.8, 4) is 5.75 Å². The first-order chi connectivity index (χ1) is 7.76. The van der Waals surface area contributed by atoms with Crippen molar-refractivity contribution >= 4 is 11.6 Å². The van der Waals surface area contributed by atoms with Crippen molar-refractivity contribution in [3.05, 3.63) is 41.4 Å². The second-order valence-electron chi connectivity index (χ2n) is 4.12. The van der Waals surface area contributed by atoms with Gasteiger partial charge in [0.1, 0.15) is 12.4 Å². The Hall–Kier alpha value is -0.990. The Bertz CT molecular complexity index is 392. The molecule has 0 aromatic heterocycles. The molecule has 2 atom stereocenters. The smallest absolute Gasteiger partial charge is 0.123 e. The number of nitrogens with two attached hydrogens (primary N) is 1. The summed E-state index contributed by atoms with van der Waals surface area (Å²) in [7, 11) is 0. The van der Waals surface area contributed by atoms with E-state index in [2.05, 4.69) is 6.58 Å². The second kappa shape index (κ2) is 4.89. The molecule has 2 rings (SSSR count). The van der Waals surface area contributed by atoms with Gasteiger partial charge >= 0.3 is 0 Å². The summed E-state index contributed by atoms with van der Waals surface area (Å²) in [6.45, 7) is 4.90. The first kappa shape index (κ1) is 11.5. The second-order valence-corrected chi connectivity index (χ2v) is 4.56. The predicted octanol–water partition coefficient (Wildman–Crippen LogP) is 2.97. The first-order valence-corrected chi connectivity index (χ1v) is 5.87. The van der Waals surface area contributed by atoms with Gasteiger partial charge in [-0.25, -0.2) is 0 Å². The highest BCUT2D eigenvalue weighted by Crippen LogP contribution is 2.50. The van der Waals surface area contributed by atoms with Crippen LogP contribution in [-0.4, -0.2) is 13.2 Å². The molecule has 16 heavy (non-hydrogen) atoms. The third kappa shape index (κ3) is 2.39. The van der Waals surface area contributed by atoms with Gasteiger partial charge in [-0.1, -0.05) is 24.3 Å². The van der Waals surface area contributed by atoms with Crippen LogP contribution >= 0.6 is 11.6 Å². The van der Waals surface area contributed by atoms with Crippen molar-refractivity contribution in [2.45, 2.75) is 12.3 Å². The van der Waals surface area contributed by atoms with Crippen LogP contribution in [0.1, 0.15) is 17.9 Å². The van der Waals surface area contributed by atoms with Crippen molar-refractivity contribution in [1.29, 1.82) is 0 Å². The SMILES string of the molecule is C=CCOc1ccc(Cl)cc1[C@@H]1C[C@H]1CN. The van der Waals surface area contributed by atoms with Gasteiger partial charge in [0.25, 0.3) is 0 Å². The molecule has 0 radical (unpaired) electrons. The molecule has 0 amide bonds. The number of hydrogen-bond acceptors (Lipinski definition) is 2. The molecule has 0 unspecified atom stereocenters. The molecule has 0 aliphatic heterocycles. The van der Waals surface area contributed by atoms with E-state index >= 15 is 0 Å². The lowest BCUT2D eigenvalue weighted by molar-refractivity contribution is 0.359. The summed E-state index contributed by atoms with van der Waals surface area (Å²) in [5.41, 5.74) is 6.84. The fraction of sp³-hybridized carbons (Fsp3) is 0.385. The number of ether oxygens (including phenoxy) is 1. The Morgan fingerprint density at radius 2 is 2.38 bits per heavy atom. The molecule has 0 saturated heterocycles. The average molecular weight is 238 g/mol. The zero-order valence-corrected chi connectivity index (χ0v) is 9.91. The number of benzene rings is 1. The molecule has 0 bridgehead atoms. The van der Waals surface area contributed by atoms with Gasteiger partial charge in [0, 0.05) is 5.02 Å². The average Bonchev–Trinajstić information content (AvgIpc) is 3.06. The minimum Gasteiger partial charge on any atom is -0.489 e. The summed E-state index contributed by atoms with van der Waals surface area (Å²) < 4.78 is 5.62. The van der Waals surface area contributed by atoms with Crippen LogP contribution in [0.2, 0.25) is 5.02 Å². The van der Waals surface area contributed by atoms with Crippen LogP contribution in [-0.2, 0) is 0 Å². The van der Waals surface area contributed by atoms with Crippen LogP contribution in [0, 0.1) is 5.92 Å². The van der Waals surface area contributed by atoms with E-state index in [0.29, 0.717) is 18.4 Å². The zero-order chi connectivity index (χ0) is 11.5. The fourth-order valence-corrected chi connectivity index (χ4v) is 2.16. The first-order valence-electron chi connectivity index (χ1n) is 5.49. The largest absolute Gasteiger partial charge is 0.489 e. The van der Waals surface area contributed by atoms with Crippen LogP contribution in [0.4, 0.5) is 0 Å². The molecule has 1 aliphatic carbocycles. The Balaban J connectivity index is 2.19. The van der Waals surface area contributed by atoms with Crippen LogP contribution in [0.15, 0.2) is 30.9 Å². The minimum absolute atomic E-state index is 0.517. The molecule has 3 heteroatoms. The van der Waals surface area contributed by atoms with E-state index < -0.39 is 0 Å². The summed E-state index contributed by atoms with van der Waals surface area (Å²) in [4.78, 5) is 0. The molecule has 1 aromatic rings. The van der Waals surface area contributed by atoms with Crippen molar-refractivity contribution in [2.24, 2.45) is 11.7 Å². The van der Waals surface area contributed by atoms with Crippen molar-refractivity contribution < 1.29 is 4.74 Å². The van der Waals surface area contributed by atoms with E-state index in [0.717, 1.165) is 23.7 Å². The summed E-state index contributed by atoms with van der Waals surface area (Å²) in [6, 6.07) is 5.76. The Labute approximate surface area is 101 Å². The van der Waals surface area contributed by atoms with Gasteiger partial charge in [0.05, 0.1) is 0 Å². The third-order valence-corrected chi connectivity index (χ3v) is 3.19. The van der Waals surface area contributed by atoms with E-state index in [4.69, 9.17) is 22.1 Å². The van der Waals surface area contributed by atoms with Crippen LogP contribution in [0.3, 0.4) is 0 Å². The fourth-order valence-electron chi connectivity index (χ4n) is 1.98. The van der Waals surface area contributed by atoms with Gasteiger partial charge in [-0.15, -0.1) is 0 Å². The topological polar surface area (TPSA) is 35.2 Å². The lowest BCUT2D eigenvalue weighted by Gasteiger charge is -2.10. The zero-order valence-electron chi connectivity index (χ0n) is 9.16. The summed E-state index contributed by atoms with van der Waals surface area (Å²) in [5, 5.41) is 0.753. The molecule has 2 nitrogen and oxygen atoms in total. The normalized spacial score (nSPS) is 22.9. The summed E-state index contributed by atoms with van der Waals surface area (Å²) in [6.07, 6.45) is 2.88. The highest BCUT2D eigenvalue weighted by Gasteiger charge is 2.38. The van der Waals surface area contributed by atoms with E-state index in [-0.39, 0.29) is 0 Å². The standard InChI is InChI=1S/C13H16ClNO/c1-2-5-16-13-4-3-10(14)7-12(13)11-6-9(11)8-15/h2-4,7,9,11H,1,5-6,8,15H2/t9-,11+/m0/s1. The molecule has 0 spiro atoms. The maximum absolute atomic E-state index is 6.01. The van der Waals surface area contributed by atoms with Crippen molar-refractivity contribution in [3.63, 3.8) is 0 Å². The lowest BCUT2D eigenvalue weighted by Crippen LogP contribution is -2.03. The molecular weight excluding hydrogens is 222 g/mol. The van der Waals surface area contributed by atoms with Crippen molar-refractivity contribution in [1.82, 2.24) is 0 Å². The number of hydrogen-bond donors (Lipinski definition) is 1. The van der Waals surface area contributed by atoms with Gasteiger partial charge in [-0.3, -0.25) is 0 Å². The highest BCUT2D eigenvalue weighted by atomic mass is 35.5. The molecule has 1 saturated carbocycles. The quantitative estimate of drug-likeness (QED) is 0.800. The maximum atomic E-state index is 6.01. The Morgan fingerprint density at radius 3 is 3.00 bits per heavy atom. The van der Waals surface area contributed by atoms with Crippen LogP contribution in [0.5, 0.6) is 5.75 Å². The van der Waals surface area contributed by atoms with Crippen LogP contribution < -0.4 is 10.5 Å². The predicted molar refractivity (Wildman–Crippen MR) is 67.0 cm³/mol. The van der Waals surface area contributed by atoms with Gasteiger partial charge in [-0.2, -0.15) is 0 Å². The van der Waals surface area contributed by atoms with Gasteiger partial charge in [0.15, 0.2) is 0 Å². The van der Waals surface area contributed by atoms with Crippen LogP contribution in [0.25, 0.3) is 0 Å². The summed E-state index contributed by atoms with van der Waals surface area (Å²) >= 11 is 6.01. The molecule has 1 fully saturated rings. The Morgan fingerprint density at radius 1 is 1.56 bits per heavy atom. The number of rotatable bonds is 5. The van der Waals surface area contributed by atoms with E-state index in [1.807, 2.05) is 18.2 Å². The van der Waals surface area contributed by atoms with Gasteiger partial charge < -0.3 is 10.5 Å².